The van der Waals surface area contributed by atoms with Gasteiger partial charge in [0, 0.05) is 31.2 Å². The zero-order chi connectivity index (χ0) is 19.4. The molecule has 1 aromatic carbocycles. The van der Waals surface area contributed by atoms with E-state index < -0.39 is 6.04 Å². The second kappa shape index (κ2) is 8.91. The number of ether oxygens (including phenoxy) is 1. The van der Waals surface area contributed by atoms with Crippen LogP contribution >= 0.6 is 27.5 Å². The minimum atomic E-state index is -0.516. The van der Waals surface area contributed by atoms with Gasteiger partial charge in [-0.25, -0.2) is 4.79 Å². The average Bonchev–Trinajstić information content (AvgIpc) is 3.10. The molecule has 0 N–H and O–H groups in total. The molecule has 0 bridgehead atoms. The predicted octanol–water partition coefficient (Wildman–Crippen LogP) is 3.76. The molecule has 1 fully saturated rings. The molecular weight excluding hydrogens is 436 g/mol. The van der Waals surface area contributed by atoms with Crippen molar-refractivity contribution < 1.29 is 18.7 Å². The molecule has 27 heavy (non-hydrogen) atoms. The van der Waals surface area contributed by atoms with Gasteiger partial charge in [-0.15, -0.1) is 0 Å². The van der Waals surface area contributed by atoms with E-state index in [1.165, 1.54) is 0 Å². The lowest BCUT2D eigenvalue weighted by atomic mass is 10.0. The summed E-state index contributed by atoms with van der Waals surface area (Å²) in [6, 6.07) is 10.0. The zero-order valence-corrected chi connectivity index (χ0v) is 17.2. The van der Waals surface area contributed by atoms with E-state index in [1.807, 2.05) is 17.0 Å². The van der Waals surface area contributed by atoms with Gasteiger partial charge in [-0.3, -0.25) is 9.69 Å². The molecule has 1 saturated heterocycles. The lowest BCUT2D eigenvalue weighted by Crippen LogP contribution is -2.51. The monoisotopic (exact) mass is 454 g/mol. The Bertz CT molecular complexity index is 800. The molecule has 0 aliphatic carbocycles. The first-order chi connectivity index (χ1) is 13.0. The van der Waals surface area contributed by atoms with Crippen molar-refractivity contribution in [1.82, 2.24) is 9.80 Å². The lowest BCUT2D eigenvalue weighted by molar-refractivity contribution is -0.150. The quantitative estimate of drug-likeness (QED) is 0.643. The maximum Gasteiger partial charge on any atom is 0.328 e. The van der Waals surface area contributed by atoms with Gasteiger partial charge in [-0.1, -0.05) is 23.7 Å². The number of esters is 1. The molecular formula is C19H20BrClN2O4. The highest BCUT2D eigenvalue weighted by Crippen LogP contribution is 2.26. The molecule has 1 atom stereocenters. The van der Waals surface area contributed by atoms with E-state index in [0.717, 1.165) is 5.56 Å². The summed E-state index contributed by atoms with van der Waals surface area (Å²) in [5, 5.41) is 0.612. The number of hydrogen-bond donors (Lipinski definition) is 0. The molecule has 3 rings (SSSR count). The summed E-state index contributed by atoms with van der Waals surface area (Å²) < 4.78 is 11.1. The number of carbonyl (C=O) groups excluding carboxylic acids is 2. The van der Waals surface area contributed by atoms with Crippen LogP contribution in [-0.4, -0.2) is 54.5 Å². The third-order valence-electron chi connectivity index (χ3n) is 4.45. The van der Waals surface area contributed by atoms with Crippen molar-refractivity contribution >= 4 is 39.4 Å². The van der Waals surface area contributed by atoms with E-state index >= 15 is 0 Å². The number of rotatable bonds is 5. The van der Waals surface area contributed by atoms with Gasteiger partial charge in [-0.05, 0) is 52.7 Å². The number of hydrogen-bond acceptors (Lipinski definition) is 5. The second-order valence-corrected chi connectivity index (χ2v) is 7.36. The lowest BCUT2D eigenvalue weighted by Gasteiger charge is -2.38. The van der Waals surface area contributed by atoms with Gasteiger partial charge < -0.3 is 14.1 Å². The van der Waals surface area contributed by atoms with Crippen LogP contribution in [0.5, 0.6) is 0 Å². The van der Waals surface area contributed by atoms with Gasteiger partial charge in [0.15, 0.2) is 10.4 Å². The van der Waals surface area contributed by atoms with Crippen molar-refractivity contribution in [2.24, 2.45) is 0 Å². The predicted molar refractivity (Wildman–Crippen MR) is 105 cm³/mol. The van der Waals surface area contributed by atoms with Crippen molar-refractivity contribution in [2.45, 2.75) is 13.0 Å². The number of halogens is 2. The molecule has 2 aromatic rings. The van der Waals surface area contributed by atoms with Crippen LogP contribution in [0.3, 0.4) is 0 Å². The Morgan fingerprint density at radius 1 is 1.15 bits per heavy atom. The number of furan rings is 1. The second-order valence-electron chi connectivity index (χ2n) is 6.14. The Morgan fingerprint density at radius 2 is 1.81 bits per heavy atom. The smallest absolute Gasteiger partial charge is 0.328 e. The van der Waals surface area contributed by atoms with Crippen LogP contribution in [0, 0.1) is 0 Å². The van der Waals surface area contributed by atoms with Crippen LogP contribution in [0.4, 0.5) is 0 Å². The van der Waals surface area contributed by atoms with Crippen molar-refractivity contribution in [3.63, 3.8) is 0 Å². The molecule has 1 aromatic heterocycles. The van der Waals surface area contributed by atoms with Crippen LogP contribution in [0.25, 0.3) is 0 Å². The molecule has 8 heteroatoms. The van der Waals surface area contributed by atoms with E-state index in [9.17, 15) is 9.59 Å². The summed E-state index contributed by atoms with van der Waals surface area (Å²) in [6.07, 6.45) is 0. The van der Waals surface area contributed by atoms with E-state index in [4.69, 9.17) is 20.8 Å². The molecule has 0 spiro atoms. The molecule has 0 unspecified atom stereocenters. The molecule has 1 aliphatic rings. The van der Waals surface area contributed by atoms with Gasteiger partial charge in [0.2, 0.25) is 0 Å². The van der Waals surface area contributed by atoms with Gasteiger partial charge in [-0.2, -0.15) is 0 Å². The van der Waals surface area contributed by atoms with Crippen molar-refractivity contribution in [2.75, 3.05) is 32.8 Å². The average molecular weight is 456 g/mol. The normalized spacial score (nSPS) is 16.2. The SMILES string of the molecule is CCOC(=O)[C@H](c1ccc(Cl)cc1)N1CCN(C(=O)c2ccc(Br)o2)CC1. The van der Waals surface area contributed by atoms with Crippen LogP contribution in [-0.2, 0) is 9.53 Å². The van der Waals surface area contributed by atoms with Crippen molar-refractivity contribution in [3.05, 3.63) is 57.4 Å². The first-order valence-corrected chi connectivity index (χ1v) is 9.87. The Balaban J connectivity index is 1.71. The number of benzene rings is 1. The highest BCUT2D eigenvalue weighted by atomic mass is 79.9. The molecule has 2 heterocycles. The Hall–Kier alpha value is -1.83. The maximum atomic E-state index is 12.6. The molecule has 6 nitrogen and oxygen atoms in total. The number of piperazine rings is 1. The Morgan fingerprint density at radius 3 is 2.37 bits per heavy atom. The third kappa shape index (κ3) is 4.72. The third-order valence-corrected chi connectivity index (χ3v) is 5.12. The van der Waals surface area contributed by atoms with Gasteiger partial charge in [0.05, 0.1) is 6.61 Å². The van der Waals surface area contributed by atoms with Gasteiger partial charge in [0.1, 0.15) is 6.04 Å². The summed E-state index contributed by atoms with van der Waals surface area (Å²) in [5.41, 5.74) is 0.826. The van der Waals surface area contributed by atoms with Crippen LogP contribution in [0.2, 0.25) is 5.02 Å². The van der Waals surface area contributed by atoms with Crippen molar-refractivity contribution in [3.8, 4) is 0 Å². The summed E-state index contributed by atoms with van der Waals surface area (Å²) in [7, 11) is 0. The number of amides is 1. The summed E-state index contributed by atoms with van der Waals surface area (Å²) >= 11 is 9.18. The molecule has 0 saturated carbocycles. The van der Waals surface area contributed by atoms with Crippen LogP contribution < -0.4 is 0 Å². The standard InChI is InChI=1S/C19H20BrClN2O4/c1-2-26-19(25)17(13-3-5-14(21)6-4-13)22-9-11-23(12-10-22)18(24)15-7-8-16(20)27-15/h3-8,17H,2,9-12H2,1H3/t17-/m0/s1. The highest BCUT2D eigenvalue weighted by molar-refractivity contribution is 9.10. The Labute approximate surface area is 171 Å². The highest BCUT2D eigenvalue weighted by Gasteiger charge is 2.33. The molecule has 1 aliphatic heterocycles. The number of nitrogens with zero attached hydrogens (tertiary/aromatic N) is 2. The minimum Gasteiger partial charge on any atom is -0.465 e. The molecule has 1 amide bonds. The van der Waals surface area contributed by atoms with E-state index in [-0.39, 0.29) is 11.9 Å². The summed E-state index contributed by atoms with van der Waals surface area (Å²) in [6.45, 7) is 4.21. The topological polar surface area (TPSA) is 63.0 Å². The fraction of sp³-hybridized carbons (Fsp3) is 0.368. The fourth-order valence-electron chi connectivity index (χ4n) is 3.13. The van der Waals surface area contributed by atoms with Crippen molar-refractivity contribution in [1.29, 1.82) is 0 Å². The Kier molecular flexibility index (Phi) is 6.57. The largest absolute Gasteiger partial charge is 0.465 e. The first kappa shape index (κ1) is 19.9. The van der Waals surface area contributed by atoms with Crippen LogP contribution in [0.15, 0.2) is 45.5 Å². The summed E-state index contributed by atoms with van der Waals surface area (Å²) in [5.74, 6) is -0.149. The first-order valence-electron chi connectivity index (χ1n) is 8.70. The van der Waals surface area contributed by atoms with Gasteiger partial charge in [0.25, 0.3) is 5.91 Å². The van der Waals surface area contributed by atoms with E-state index in [1.54, 1.807) is 36.1 Å². The van der Waals surface area contributed by atoms with E-state index in [0.29, 0.717) is 48.2 Å². The zero-order valence-electron chi connectivity index (χ0n) is 14.9. The van der Waals surface area contributed by atoms with Crippen LogP contribution in [0.1, 0.15) is 29.1 Å². The minimum absolute atomic E-state index is 0.153. The number of carbonyl (C=O) groups is 2. The molecule has 144 valence electrons. The van der Waals surface area contributed by atoms with Gasteiger partial charge >= 0.3 is 5.97 Å². The maximum absolute atomic E-state index is 12.6. The fourth-order valence-corrected chi connectivity index (χ4v) is 3.56. The van der Waals surface area contributed by atoms with E-state index in [2.05, 4.69) is 15.9 Å². The molecule has 0 radical (unpaired) electrons. The summed E-state index contributed by atoms with van der Waals surface area (Å²) in [4.78, 5) is 28.8.